The highest BCUT2D eigenvalue weighted by atomic mass is 16.5. The SMILES string of the molecule is C=CCC(=O)N1Cc2c3c(c4cc(OC)c(OC)cc4c2C[C@H]1C=C)[C@H](C)C(OC)C=C3. The summed E-state index contributed by atoms with van der Waals surface area (Å²) in [5.74, 6) is 1.63. The Labute approximate surface area is 189 Å². The molecule has 2 aliphatic rings. The van der Waals surface area contributed by atoms with Crippen LogP contribution in [0.4, 0.5) is 0 Å². The van der Waals surface area contributed by atoms with Crippen molar-refractivity contribution in [2.45, 2.75) is 44.4 Å². The first-order valence-electron chi connectivity index (χ1n) is 11.0. The van der Waals surface area contributed by atoms with E-state index in [0.29, 0.717) is 30.9 Å². The molecule has 0 fully saturated rings. The molecule has 1 heterocycles. The molecule has 0 saturated heterocycles. The Morgan fingerprint density at radius 3 is 2.41 bits per heavy atom. The van der Waals surface area contributed by atoms with Gasteiger partial charge in [0.25, 0.3) is 0 Å². The molecule has 168 valence electrons. The number of hydrogen-bond donors (Lipinski definition) is 0. The van der Waals surface area contributed by atoms with Gasteiger partial charge in [0, 0.05) is 26.0 Å². The molecule has 5 heteroatoms. The maximum absolute atomic E-state index is 12.9. The summed E-state index contributed by atoms with van der Waals surface area (Å²) in [6, 6.07) is 4.08. The molecule has 4 rings (SSSR count). The summed E-state index contributed by atoms with van der Waals surface area (Å²) in [4.78, 5) is 14.8. The number of nitrogens with zero attached hydrogens (tertiary/aromatic N) is 1. The van der Waals surface area contributed by atoms with Gasteiger partial charge in [-0.2, -0.15) is 0 Å². The molecule has 1 aliphatic heterocycles. The van der Waals surface area contributed by atoms with Gasteiger partial charge in [0.2, 0.25) is 5.91 Å². The number of ether oxygens (including phenoxy) is 3. The molecular weight excluding hydrogens is 402 g/mol. The zero-order valence-corrected chi connectivity index (χ0v) is 19.3. The standard InChI is InChI=1S/C27H31NO4/c1-7-9-26(29)28-15-22-18-10-11-23(30-4)16(3)27(18)21-14-25(32-6)24(31-5)13-20(21)19(22)12-17(28)8-2/h7-8,10-11,13-14,16-17,23H,1-2,9,12,15H2,3-6H3/t16-,17-,23?/m1/s1. The Morgan fingerprint density at radius 2 is 1.81 bits per heavy atom. The van der Waals surface area contributed by atoms with Gasteiger partial charge in [-0.25, -0.2) is 0 Å². The molecular formula is C27H31NO4. The van der Waals surface area contributed by atoms with Crippen molar-refractivity contribution < 1.29 is 19.0 Å². The van der Waals surface area contributed by atoms with Gasteiger partial charge in [-0.05, 0) is 51.6 Å². The lowest BCUT2D eigenvalue weighted by atomic mass is 9.76. The summed E-state index contributed by atoms with van der Waals surface area (Å²) in [5.41, 5.74) is 4.83. The number of carbonyl (C=O) groups is 1. The highest BCUT2D eigenvalue weighted by Crippen LogP contribution is 2.46. The maximum Gasteiger partial charge on any atom is 0.227 e. The van der Waals surface area contributed by atoms with Crippen LogP contribution in [0.25, 0.3) is 16.8 Å². The molecule has 0 radical (unpaired) electrons. The van der Waals surface area contributed by atoms with Crippen LogP contribution in [0.3, 0.4) is 0 Å². The smallest absolute Gasteiger partial charge is 0.227 e. The van der Waals surface area contributed by atoms with E-state index in [1.54, 1.807) is 27.4 Å². The summed E-state index contributed by atoms with van der Waals surface area (Å²) < 4.78 is 17.0. The van der Waals surface area contributed by atoms with Gasteiger partial charge in [-0.3, -0.25) is 4.79 Å². The van der Waals surface area contributed by atoms with Gasteiger partial charge in [-0.1, -0.05) is 31.2 Å². The van der Waals surface area contributed by atoms with E-state index in [1.165, 1.54) is 22.3 Å². The normalized spacial score (nSPS) is 21.6. The Balaban J connectivity index is 2.03. The van der Waals surface area contributed by atoms with Crippen LogP contribution in [0.15, 0.2) is 43.5 Å². The molecule has 0 bridgehead atoms. The van der Waals surface area contributed by atoms with Crippen LogP contribution in [0.1, 0.15) is 41.5 Å². The number of hydrogen-bond acceptors (Lipinski definition) is 4. The molecule has 0 aromatic heterocycles. The number of amides is 1. The average molecular weight is 434 g/mol. The van der Waals surface area contributed by atoms with Crippen LogP contribution in [0, 0.1) is 0 Å². The van der Waals surface area contributed by atoms with Crippen LogP contribution in [0.5, 0.6) is 11.5 Å². The molecule has 2 aromatic rings. The van der Waals surface area contributed by atoms with Crippen LogP contribution < -0.4 is 9.47 Å². The molecule has 5 nitrogen and oxygen atoms in total. The number of methoxy groups -OCH3 is 3. The molecule has 1 unspecified atom stereocenters. The molecule has 0 saturated carbocycles. The second-order valence-electron chi connectivity index (χ2n) is 8.41. The Hall–Kier alpha value is -3.05. The van der Waals surface area contributed by atoms with E-state index in [-0.39, 0.29) is 24.0 Å². The van der Waals surface area contributed by atoms with Crippen LogP contribution in [0.2, 0.25) is 0 Å². The molecule has 0 spiro atoms. The second kappa shape index (κ2) is 8.83. The monoisotopic (exact) mass is 433 g/mol. The van der Waals surface area contributed by atoms with Gasteiger partial charge >= 0.3 is 0 Å². The van der Waals surface area contributed by atoms with E-state index in [0.717, 1.165) is 10.8 Å². The van der Waals surface area contributed by atoms with Crippen molar-refractivity contribution in [3.8, 4) is 11.5 Å². The third-order valence-corrected chi connectivity index (χ3v) is 6.84. The van der Waals surface area contributed by atoms with E-state index < -0.39 is 0 Å². The van der Waals surface area contributed by atoms with Crippen molar-refractivity contribution in [2.24, 2.45) is 0 Å². The predicted octanol–water partition coefficient (Wildman–Crippen LogP) is 5.02. The van der Waals surface area contributed by atoms with Crippen molar-refractivity contribution in [1.82, 2.24) is 4.90 Å². The quantitative estimate of drug-likeness (QED) is 0.601. The van der Waals surface area contributed by atoms with Gasteiger partial charge in [-0.15, -0.1) is 13.2 Å². The maximum atomic E-state index is 12.9. The van der Waals surface area contributed by atoms with E-state index in [4.69, 9.17) is 14.2 Å². The summed E-state index contributed by atoms with van der Waals surface area (Å²) >= 11 is 0. The van der Waals surface area contributed by atoms with Gasteiger partial charge in [0.1, 0.15) is 0 Å². The minimum absolute atomic E-state index is 0.0140. The third kappa shape index (κ3) is 3.41. The average Bonchev–Trinajstić information content (AvgIpc) is 2.82. The third-order valence-electron chi connectivity index (χ3n) is 6.84. The van der Waals surface area contributed by atoms with E-state index >= 15 is 0 Å². The molecule has 1 amide bonds. The fourth-order valence-electron chi connectivity index (χ4n) is 5.22. The topological polar surface area (TPSA) is 48.0 Å². The van der Waals surface area contributed by atoms with E-state index in [1.807, 2.05) is 11.0 Å². The number of fused-ring (bicyclic) bond motifs is 6. The van der Waals surface area contributed by atoms with Crippen LogP contribution in [-0.4, -0.2) is 44.3 Å². The summed E-state index contributed by atoms with van der Waals surface area (Å²) in [6.45, 7) is 10.5. The molecule has 2 aromatic carbocycles. The first kappa shape index (κ1) is 22.2. The second-order valence-corrected chi connectivity index (χ2v) is 8.41. The van der Waals surface area contributed by atoms with Crippen molar-refractivity contribution in [2.75, 3.05) is 21.3 Å². The van der Waals surface area contributed by atoms with Crippen molar-refractivity contribution in [3.63, 3.8) is 0 Å². The molecule has 1 aliphatic carbocycles. The lowest BCUT2D eigenvalue weighted by molar-refractivity contribution is -0.132. The predicted molar refractivity (Wildman–Crippen MR) is 128 cm³/mol. The van der Waals surface area contributed by atoms with Crippen molar-refractivity contribution in [1.29, 1.82) is 0 Å². The van der Waals surface area contributed by atoms with Crippen LogP contribution >= 0.6 is 0 Å². The van der Waals surface area contributed by atoms with Crippen LogP contribution in [-0.2, 0) is 22.5 Å². The highest BCUT2D eigenvalue weighted by Gasteiger charge is 2.34. The first-order chi connectivity index (χ1) is 15.5. The van der Waals surface area contributed by atoms with Gasteiger partial charge < -0.3 is 19.1 Å². The lowest BCUT2D eigenvalue weighted by Gasteiger charge is -2.39. The molecule has 32 heavy (non-hydrogen) atoms. The van der Waals surface area contributed by atoms with Gasteiger partial charge in [0.15, 0.2) is 11.5 Å². The Morgan fingerprint density at radius 1 is 1.12 bits per heavy atom. The minimum atomic E-state index is -0.0685. The minimum Gasteiger partial charge on any atom is -0.493 e. The number of rotatable bonds is 6. The first-order valence-corrected chi connectivity index (χ1v) is 11.0. The van der Waals surface area contributed by atoms with Crippen molar-refractivity contribution >= 4 is 22.8 Å². The zero-order chi connectivity index (χ0) is 23.0. The zero-order valence-electron chi connectivity index (χ0n) is 19.3. The van der Waals surface area contributed by atoms with Crippen molar-refractivity contribution in [3.05, 3.63) is 65.8 Å². The summed E-state index contributed by atoms with van der Waals surface area (Å²) in [5, 5.41) is 2.28. The fraction of sp³-hybridized carbons (Fsp3) is 0.370. The van der Waals surface area contributed by atoms with E-state index in [2.05, 4.69) is 44.4 Å². The lowest BCUT2D eigenvalue weighted by Crippen LogP contribution is -2.43. The summed E-state index contributed by atoms with van der Waals surface area (Å²) in [7, 11) is 5.06. The highest BCUT2D eigenvalue weighted by molar-refractivity contribution is 5.97. The fourth-order valence-corrected chi connectivity index (χ4v) is 5.22. The van der Waals surface area contributed by atoms with Gasteiger partial charge in [0.05, 0.1) is 26.4 Å². The Kier molecular flexibility index (Phi) is 6.11. The van der Waals surface area contributed by atoms with E-state index in [9.17, 15) is 4.79 Å². The molecule has 3 atom stereocenters. The Bertz CT molecular complexity index is 1120. The largest absolute Gasteiger partial charge is 0.493 e. The molecule has 0 N–H and O–H groups in total. The summed E-state index contributed by atoms with van der Waals surface area (Å²) in [6.07, 6.45) is 8.82. The number of carbonyl (C=O) groups excluding carboxylic acids is 1. The number of benzene rings is 2.